The molecule has 110 valence electrons. The van der Waals surface area contributed by atoms with Gasteiger partial charge < -0.3 is 10.1 Å². The Bertz CT molecular complexity index is 200. The first kappa shape index (κ1) is 17.7. The molecule has 0 rings (SSSR count). The fraction of sp³-hybridized carbons (Fsp3) is 1.00. The molecule has 0 fully saturated rings. The molecule has 0 saturated heterocycles. The molecule has 0 amide bonds. The van der Waals surface area contributed by atoms with Crippen molar-refractivity contribution in [2.75, 3.05) is 39.4 Å². The third-order valence-corrected chi connectivity index (χ3v) is 2.70. The Morgan fingerprint density at radius 3 is 2.44 bits per heavy atom. The second kappa shape index (κ2) is 9.58. The molecule has 1 atom stereocenters. The van der Waals surface area contributed by atoms with Gasteiger partial charge in [-0.3, -0.25) is 4.90 Å². The highest BCUT2D eigenvalue weighted by atomic mass is 19.4. The number of likely N-dealkylation sites (N-methyl/N-ethyl adjacent to an activating group) is 1. The molecule has 0 bridgehead atoms. The van der Waals surface area contributed by atoms with Gasteiger partial charge in [0, 0.05) is 25.8 Å². The van der Waals surface area contributed by atoms with Crippen LogP contribution in [0, 0.1) is 0 Å². The van der Waals surface area contributed by atoms with E-state index in [2.05, 4.69) is 5.32 Å². The van der Waals surface area contributed by atoms with Crippen molar-refractivity contribution < 1.29 is 17.9 Å². The van der Waals surface area contributed by atoms with Gasteiger partial charge in [-0.25, -0.2) is 0 Å². The topological polar surface area (TPSA) is 24.5 Å². The molecule has 0 heterocycles. The number of rotatable bonds is 10. The number of halogens is 3. The summed E-state index contributed by atoms with van der Waals surface area (Å²) in [4.78, 5) is 1.43. The maximum atomic E-state index is 12.3. The molecular weight excluding hydrogens is 245 g/mol. The molecule has 0 radical (unpaired) electrons. The lowest BCUT2D eigenvalue weighted by Crippen LogP contribution is -2.45. The van der Waals surface area contributed by atoms with Crippen LogP contribution in [0.2, 0.25) is 0 Å². The zero-order chi connectivity index (χ0) is 14.0. The van der Waals surface area contributed by atoms with Gasteiger partial charge in [-0.15, -0.1) is 0 Å². The molecule has 0 aliphatic heterocycles. The fourth-order valence-corrected chi connectivity index (χ4v) is 1.69. The predicted molar refractivity (Wildman–Crippen MR) is 66.7 cm³/mol. The Morgan fingerprint density at radius 1 is 1.28 bits per heavy atom. The Hall–Kier alpha value is -0.330. The van der Waals surface area contributed by atoms with Gasteiger partial charge in [-0.2, -0.15) is 13.2 Å². The van der Waals surface area contributed by atoms with Crippen molar-refractivity contribution in [2.45, 2.75) is 39.4 Å². The molecule has 0 saturated carbocycles. The molecule has 0 aliphatic rings. The minimum atomic E-state index is -4.13. The summed E-state index contributed by atoms with van der Waals surface area (Å²) in [7, 11) is 0. The first-order valence-electron chi connectivity index (χ1n) is 6.50. The van der Waals surface area contributed by atoms with Crippen LogP contribution in [0.25, 0.3) is 0 Å². The predicted octanol–water partition coefficient (Wildman–Crippen LogP) is 2.28. The van der Waals surface area contributed by atoms with E-state index in [0.717, 1.165) is 13.0 Å². The van der Waals surface area contributed by atoms with Gasteiger partial charge in [0.25, 0.3) is 0 Å². The Kier molecular flexibility index (Phi) is 9.40. The van der Waals surface area contributed by atoms with Crippen LogP contribution in [0.15, 0.2) is 0 Å². The van der Waals surface area contributed by atoms with E-state index in [0.29, 0.717) is 26.3 Å². The number of hydrogen-bond donors (Lipinski definition) is 1. The maximum Gasteiger partial charge on any atom is 0.401 e. The Balaban J connectivity index is 3.74. The molecule has 1 unspecified atom stereocenters. The van der Waals surface area contributed by atoms with Crippen LogP contribution in [-0.2, 0) is 4.74 Å². The molecule has 18 heavy (non-hydrogen) atoms. The first-order valence-corrected chi connectivity index (χ1v) is 6.50. The number of alkyl halides is 3. The van der Waals surface area contributed by atoms with Crippen molar-refractivity contribution in [1.29, 1.82) is 0 Å². The zero-order valence-corrected chi connectivity index (χ0v) is 11.5. The van der Waals surface area contributed by atoms with Gasteiger partial charge in [-0.05, 0) is 33.4 Å². The van der Waals surface area contributed by atoms with E-state index < -0.39 is 12.7 Å². The number of nitrogens with zero attached hydrogens (tertiary/aromatic N) is 1. The van der Waals surface area contributed by atoms with Gasteiger partial charge in [0.05, 0.1) is 6.54 Å². The summed E-state index contributed by atoms with van der Waals surface area (Å²) in [6.07, 6.45) is -3.24. The van der Waals surface area contributed by atoms with Crippen LogP contribution in [0.5, 0.6) is 0 Å². The summed E-state index contributed by atoms with van der Waals surface area (Å²) in [5, 5.41) is 3.16. The van der Waals surface area contributed by atoms with Gasteiger partial charge in [0.15, 0.2) is 0 Å². The van der Waals surface area contributed by atoms with Crippen LogP contribution in [-0.4, -0.2) is 56.5 Å². The molecule has 3 nitrogen and oxygen atoms in total. The third kappa shape index (κ3) is 9.67. The van der Waals surface area contributed by atoms with Crippen molar-refractivity contribution in [2.24, 2.45) is 0 Å². The quantitative estimate of drug-likeness (QED) is 0.616. The lowest BCUT2D eigenvalue weighted by atomic mass is 10.2. The molecule has 0 aromatic heterocycles. The second-order valence-corrected chi connectivity index (χ2v) is 4.28. The molecule has 0 aromatic carbocycles. The number of nitrogens with one attached hydrogen (secondary N) is 1. The SMILES string of the molecule is CCOCCCNCC(C)N(CC)CC(F)(F)F. The molecule has 1 N–H and O–H groups in total. The highest BCUT2D eigenvalue weighted by Crippen LogP contribution is 2.17. The summed E-state index contributed by atoms with van der Waals surface area (Å²) in [6.45, 7) is 7.79. The Morgan fingerprint density at radius 2 is 1.94 bits per heavy atom. The summed E-state index contributed by atoms with van der Waals surface area (Å²) in [5.74, 6) is 0. The van der Waals surface area contributed by atoms with Crippen molar-refractivity contribution in [3.05, 3.63) is 0 Å². The average molecular weight is 270 g/mol. The first-order chi connectivity index (χ1) is 8.40. The monoisotopic (exact) mass is 270 g/mol. The van der Waals surface area contributed by atoms with Crippen molar-refractivity contribution >= 4 is 0 Å². The van der Waals surface area contributed by atoms with Crippen LogP contribution in [0.1, 0.15) is 27.2 Å². The zero-order valence-electron chi connectivity index (χ0n) is 11.5. The fourth-order valence-electron chi connectivity index (χ4n) is 1.69. The van der Waals surface area contributed by atoms with Crippen LogP contribution < -0.4 is 5.32 Å². The second-order valence-electron chi connectivity index (χ2n) is 4.28. The van der Waals surface area contributed by atoms with Crippen molar-refractivity contribution in [3.63, 3.8) is 0 Å². The highest BCUT2D eigenvalue weighted by molar-refractivity contribution is 4.71. The van der Waals surface area contributed by atoms with E-state index in [-0.39, 0.29) is 6.04 Å². The Labute approximate surface area is 108 Å². The van der Waals surface area contributed by atoms with E-state index in [9.17, 15) is 13.2 Å². The summed E-state index contributed by atoms with van der Waals surface area (Å²) < 4.78 is 42.1. The molecule has 0 aromatic rings. The minimum Gasteiger partial charge on any atom is -0.382 e. The van der Waals surface area contributed by atoms with Gasteiger partial charge in [-0.1, -0.05) is 6.92 Å². The van der Waals surface area contributed by atoms with Gasteiger partial charge in [0.2, 0.25) is 0 Å². The van der Waals surface area contributed by atoms with Crippen molar-refractivity contribution in [1.82, 2.24) is 10.2 Å². The maximum absolute atomic E-state index is 12.3. The summed E-state index contributed by atoms with van der Waals surface area (Å²) in [5.41, 5.74) is 0. The molecule has 0 spiro atoms. The normalized spacial score (nSPS) is 14.2. The lowest BCUT2D eigenvalue weighted by molar-refractivity contribution is -0.149. The summed E-state index contributed by atoms with van der Waals surface area (Å²) in [6, 6.07) is -0.122. The molecule has 6 heteroatoms. The van der Waals surface area contributed by atoms with Crippen LogP contribution >= 0.6 is 0 Å². The lowest BCUT2D eigenvalue weighted by Gasteiger charge is -2.28. The van der Waals surface area contributed by atoms with Crippen molar-refractivity contribution in [3.8, 4) is 0 Å². The van der Waals surface area contributed by atoms with E-state index in [1.165, 1.54) is 4.90 Å². The standard InChI is InChI=1S/C12H25F3N2O/c1-4-17(10-12(13,14)15)11(3)9-16-7-6-8-18-5-2/h11,16H,4-10H2,1-3H3. The summed E-state index contributed by atoms with van der Waals surface area (Å²) >= 11 is 0. The van der Waals surface area contributed by atoms with E-state index in [4.69, 9.17) is 4.74 Å². The van der Waals surface area contributed by atoms with E-state index in [1.54, 1.807) is 6.92 Å². The molecular formula is C12H25F3N2O. The van der Waals surface area contributed by atoms with Gasteiger partial charge >= 0.3 is 6.18 Å². The van der Waals surface area contributed by atoms with Crippen LogP contribution in [0.4, 0.5) is 13.2 Å². The third-order valence-electron chi connectivity index (χ3n) is 2.70. The van der Waals surface area contributed by atoms with Gasteiger partial charge in [0.1, 0.15) is 0 Å². The van der Waals surface area contributed by atoms with E-state index in [1.807, 2.05) is 13.8 Å². The number of ether oxygens (including phenoxy) is 1. The largest absolute Gasteiger partial charge is 0.401 e. The minimum absolute atomic E-state index is 0.122. The van der Waals surface area contributed by atoms with Crippen LogP contribution in [0.3, 0.4) is 0 Å². The van der Waals surface area contributed by atoms with E-state index >= 15 is 0 Å². The number of hydrogen-bond acceptors (Lipinski definition) is 3. The highest BCUT2D eigenvalue weighted by Gasteiger charge is 2.31. The smallest absolute Gasteiger partial charge is 0.382 e. The average Bonchev–Trinajstić information content (AvgIpc) is 2.29. The molecule has 0 aliphatic carbocycles.